The average Bonchev–Trinajstić information content (AvgIpc) is 2.15. The van der Waals surface area contributed by atoms with Crippen LogP contribution in [0.2, 0.25) is 0 Å². The summed E-state index contributed by atoms with van der Waals surface area (Å²) in [6, 6.07) is 2.92. The minimum Gasteiger partial charge on any atom is -0.317 e. The third kappa shape index (κ3) is 1.67. The summed E-state index contributed by atoms with van der Waals surface area (Å²) in [5.74, 6) is 0. The van der Waals surface area contributed by atoms with E-state index in [9.17, 15) is 18.0 Å². The van der Waals surface area contributed by atoms with Crippen LogP contribution in [0.3, 0.4) is 0 Å². The smallest absolute Gasteiger partial charge is 0.317 e. The SMILES string of the molecule is O=c1[nH]c2cccnc2nc1C(F)(F)F. The number of nitrogens with zero attached hydrogens (tertiary/aromatic N) is 2. The van der Waals surface area contributed by atoms with Crippen LogP contribution in [0, 0.1) is 0 Å². The van der Waals surface area contributed by atoms with Crippen molar-refractivity contribution >= 4 is 11.2 Å². The number of fused-ring (bicyclic) bond motifs is 1. The summed E-state index contributed by atoms with van der Waals surface area (Å²) in [7, 11) is 0. The van der Waals surface area contributed by atoms with Gasteiger partial charge in [0.1, 0.15) is 0 Å². The summed E-state index contributed by atoms with van der Waals surface area (Å²) >= 11 is 0. The molecule has 0 aliphatic carbocycles. The molecule has 2 heterocycles. The highest BCUT2D eigenvalue weighted by atomic mass is 19.4. The van der Waals surface area contributed by atoms with E-state index in [0.29, 0.717) is 0 Å². The number of pyridine rings is 1. The molecule has 0 saturated carbocycles. The minimum absolute atomic E-state index is 0.135. The highest BCUT2D eigenvalue weighted by Crippen LogP contribution is 2.25. The molecule has 0 bridgehead atoms. The van der Waals surface area contributed by atoms with Gasteiger partial charge in [-0.3, -0.25) is 4.79 Å². The van der Waals surface area contributed by atoms with Crippen molar-refractivity contribution in [3.63, 3.8) is 0 Å². The maximum atomic E-state index is 12.3. The summed E-state index contributed by atoms with van der Waals surface area (Å²) in [5, 5.41) is 0. The third-order valence-corrected chi connectivity index (χ3v) is 1.74. The summed E-state index contributed by atoms with van der Waals surface area (Å²) in [4.78, 5) is 19.9. The molecule has 1 N–H and O–H groups in total. The Morgan fingerprint density at radius 1 is 1.33 bits per heavy atom. The lowest BCUT2D eigenvalue weighted by Crippen LogP contribution is -2.23. The van der Waals surface area contributed by atoms with Gasteiger partial charge in [0.15, 0.2) is 5.65 Å². The second kappa shape index (κ2) is 3.04. The lowest BCUT2D eigenvalue weighted by Gasteiger charge is -2.04. The highest BCUT2D eigenvalue weighted by Gasteiger charge is 2.36. The molecular weight excluding hydrogens is 211 g/mol. The molecule has 2 aromatic rings. The Balaban J connectivity index is 2.79. The summed E-state index contributed by atoms with van der Waals surface area (Å²) in [5.41, 5.74) is -2.70. The van der Waals surface area contributed by atoms with Gasteiger partial charge in [-0.05, 0) is 12.1 Å². The molecule has 0 radical (unpaired) electrons. The first-order valence-electron chi connectivity index (χ1n) is 3.91. The monoisotopic (exact) mass is 215 g/mol. The lowest BCUT2D eigenvalue weighted by molar-refractivity contribution is -0.142. The van der Waals surface area contributed by atoms with Crippen molar-refractivity contribution in [3.8, 4) is 0 Å². The Labute approximate surface area is 80.8 Å². The van der Waals surface area contributed by atoms with Gasteiger partial charge in [0.25, 0.3) is 5.56 Å². The second-order valence-electron chi connectivity index (χ2n) is 2.79. The van der Waals surface area contributed by atoms with E-state index in [0.717, 1.165) is 0 Å². The van der Waals surface area contributed by atoms with Gasteiger partial charge in [-0.25, -0.2) is 9.97 Å². The first kappa shape index (κ1) is 9.63. The number of hydrogen-bond donors (Lipinski definition) is 1. The van der Waals surface area contributed by atoms with Gasteiger partial charge in [0.2, 0.25) is 5.69 Å². The number of rotatable bonds is 0. The van der Waals surface area contributed by atoms with Crippen molar-refractivity contribution in [3.05, 3.63) is 34.4 Å². The van der Waals surface area contributed by atoms with Crippen LogP contribution in [-0.4, -0.2) is 15.0 Å². The van der Waals surface area contributed by atoms with Gasteiger partial charge < -0.3 is 4.98 Å². The molecule has 7 heteroatoms. The van der Waals surface area contributed by atoms with E-state index in [1.54, 1.807) is 0 Å². The first-order valence-corrected chi connectivity index (χ1v) is 3.91. The van der Waals surface area contributed by atoms with E-state index in [1.165, 1.54) is 18.3 Å². The van der Waals surface area contributed by atoms with Crippen LogP contribution in [0.5, 0.6) is 0 Å². The van der Waals surface area contributed by atoms with E-state index >= 15 is 0 Å². The van der Waals surface area contributed by atoms with Crippen LogP contribution in [-0.2, 0) is 6.18 Å². The zero-order chi connectivity index (χ0) is 11.1. The fourth-order valence-corrected chi connectivity index (χ4v) is 1.11. The molecule has 15 heavy (non-hydrogen) atoms. The first-order chi connectivity index (χ1) is 6.98. The Morgan fingerprint density at radius 2 is 2.07 bits per heavy atom. The summed E-state index contributed by atoms with van der Waals surface area (Å²) in [6.45, 7) is 0. The predicted octanol–water partition coefficient (Wildman–Crippen LogP) is 1.34. The number of hydrogen-bond acceptors (Lipinski definition) is 3. The standard InChI is InChI=1S/C8H4F3N3O/c9-8(10,11)5-7(15)13-4-2-1-3-12-6(4)14-5/h1-3H,(H,13,15). The molecule has 0 fully saturated rings. The molecular formula is C8H4F3N3O. The van der Waals surface area contributed by atoms with E-state index in [4.69, 9.17) is 0 Å². The quantitative estimate of drug-likeness (QED) is 0.721. The average molecular weight is 215 g/mol. The van der Waals surface area contributed by atoms with Crippen molar-refractivity contribution in [2.24, 2.45) is 0 Å². The maximum absolute atomic E-state index is 12.3. The Morgan fingerprint density at radius 3 is 2.73 bits per heavy atom. The number of alkyl halides is 3. The molecule has 2 aromatic heterocycles. The van der Waals surface area contributed by atoms with E-state index in [2.05, 4.69) is 15.0 Å². The molecule has 0 saturated heterocycles. The summed E-state index contributed by atoms with van der Waals surface area (Å²) < 4.78 is 36.8. The van der Waals surface area contributed by atoms with Gasteiger partial charge in [0.05, 0.1) is 5.52 Å². The van der Waals surface area contributed by atoms with Crippen molar-refractivity contribution in [2.45, 2.75) is 6.18 Å². The molecule has 0 aromatic carbocycles. The van der Waals surface area contributed by atoms with Crippen LogP contribution in [0.4, 0.5) is 13.2 Å². The van der Waals surface area contributed by atoms with Crippen molar-refractivity contribution in [1.29, 1.82) is 0 Å². The molecule has 0 atom stereocenters. The molecule has 2 rings (SSSR count). The molecule has 0 unspecified atom stereocenters. The van der Waals surface area contributed by atoms with Crippen LogP contribution in [0.15, 0.2) is 23.1 Å². The van der Waals surface area contributed by atoms with Gasteiger partial charge in [-0.1, -0.05) is 0 Å². The highest BCUT2D eigenvalue weighted by molar-refractivity contribution is 5.68. The molecule has 0 aliphatic heterocycles. The largest absolute Gasteiger partial charge is 0.438 e. The number of nitrogens with one attached hydrogen (secondary N) is 1. The van der Waals surface area contributed by atoms with E-state index in [-0.39, 0.29) is 11.2 Å². The van der Waals surface area contributed by atoms with Crippen LogP contribution in [0.1, 0.15) is 5.69 Å². The van der Waals surface area contributed by atoms with Gasteiger partial charge in [-0.2, -0.15) is 13.2 Å². The van der Waals surface area contributed by atoms with Crippen LogP contribution < -0.4 is 5.56 Å². The molecule has 0 spiro atoms. The van der Waals surface area contributed by atoms with Gasteiger partial charge >= 0.3 is 6.18 Å². The second-order valence-corrected chi connectivity index (χ2v) is 2.79. The zero-order valence-corrected chi connectivity index (χ0v) is 7.17. The zero-order valence-electron chi connectivity index (χ0n) is 7.17. The van der Waals surface area contributed by atoms with Gasteiger partial charge in [0, 0.05) is 6.20 Å². The minimum atomic E-state index is -4.76. The third-order valence-electron chi connectivity index (χ3n) is 1.74. The van der Waals surface area contributed by atoms with Gasteiger partial charge in [-0.15, -0.1) is 0 Å². The fourth-order valence-electron chi connectivity index (χ4n) is 1.11. The van der Waals surface area contributed by atoms with E-state index < -0.39 is 17.4 Å². The van der Waals surface area contributed by atoms with Crippen LogP contribution in [0.25, 0.3) is 11.2 Å². The molecule has 4 nitrogen and oxygen atoms in total. The Kier molecular flexibility index (Phi) is 1.95. The topological polar surface area (TPSA) is 58.6 Å². The Bertz CT molecular complexity index is 561. The number of H-pyrrole nitrogens is 1. The van der Waals surface area contributed by atoms with Crippen molar-refractivity contribution in [1.82, 2.24) is 15.0 Å². The predicted molar refractivity (Wildman–Crippen MR) is 45.2 cm³/mol. The molecule has 78 valence electrons. The number of halogens is 3. The summed E-state index contributed by atoms with van der Waals surface area (Å²) in [6.07, 6.45) is -3.47. The normalized spacial score (nSPS) is 11.9. The van der Waals surface area contributed by atoms with Crippen LogP contribution >= 0.6 is 0 Å². The maximum Gasteiger partial charge on any atom is 0.438 e. The number of aromatic nitrogens is 3. The number of aromatic amines is 1. The Hall–Kier alpha value is -1.92. The lowest BCUT2D eigenvalue weighted by atomic mass is 10.4. The molecule has 0 amide bonds. The van der Waals surface area contributed by atoms with E-state index in [1.807, 2.05) is 0 Å². The fraction of sp³-hybridized carbons (Fsp3) is 0.125. The van der Waals surface area contributed by atoms with Crippen molar-refractivity contribution in [2.75, 3.05) is 0 Å². The van der Waals surface area contributed by atoms with Crippen molar-refractivity contribution < 1.29 is 13.2 Å². The molecule has 0 aliphatic rings.